The van der Waals surface area contributed by atoms with E-state index in [2.05, 4.69) is 10.2 Å². The van der Waals surface area contributed by atoms with Crippen LogP contribution < -0.4 is 0 Å². The van der Waals surface area contributed by atoms with Crippen molar-refractivity contribution < 1.29 is 31.1 Å². The van der Waals surface area contributed by atoms with Gasteiger partial charge in [0.2, 0.25) is 5.82 Å². The van der Waals surface area contributed by atoms with Gasteiger partial charge in [-0.25, -0.2) is 0 Å². The lowest BCUT2D eigenvalue weighted by molar-refractivity contribution is -0.148. The van der Waals surface area contributed by atoms with Gasteiger partial charge in [-0.2, -0.15) is 26.3 Å². The minimum atomic E-state index is -4.78. The monoisotopic (exact) mass is 474 g/mol. The Morgan fingerprint density at radius 2 is 1.59 bits per heavy atom. The van der Waals surface area contributed by atoms with Crippen LogP contribution in [0.15, 0.2) is 48.5 Å². The maximum absolute atomic E-state index is 13.3. The predicted octanol–water partition coefficient (Wildman–Crippen LogP) is 5.21. The van der Waals surface area contributed by atoms with E-state index in [9.17, 15) is 31.1 Å². The third-order valence-electron chi connectivity index (χ3n) is 5.06. The van der Waals surface area contributed by atoms with Crippen LogP contribution in [-0.2, 0) is 18.9 Å². The third-order valence-corrected chi connectivity index (χ3v) is 5.47. The van der Waals surface area contributed by atoms with Crippen molar-refractivity contribution >= 4 is 17.5 Å². The molecule has 1 aliphatic rings. The lowest BCUT2D eigenvalue weighted by Crippen LogP contribution is -2.43. The second-order valence-corrected chi connectivity index (χ2v) is 7.39. The summed E-state index contributed by atoms with van der Waals surface area (Å²) in [6.45, 7) is -0.512. The highest BCUT2D eigenvalue weighted by molar-refractivity contribution is 6.34. The van der Waals surface area contributed by atoms with E-state index < -0.39 is 46.3 Å². The van der Waals surface area contributed by atoms with Crippen LogP contribution in [0.2, 0.25) is 5.02 Å². The largest absolute Gasteiger partial charge is 0.451 e. The third kappa shape index (κ3) is 3.81. The lowest BCUT2D eigenvalue weighted by atomic mass is 10.0. The highest BCUT2D eigenvalue weighted by Crippen LogP contribution is 2.39. The number of carbonyl (C=O) groups is 1. The lowest BCUT2D eigenvalue weighted by Gasteiger charge is -2.36. The van der Waals surface area contributed by atoms with Crippen molar-refractivity contribution in [2.75, 3.05) is 6.54 Å². The molecule has 0 spiro atoms. The Morgan fingerprint density at radius 3 is 2.22 bits per heavy atom. The van der Waals surface area contributed by atoms with Crippen molar-refractivity contribution in [3.05, 3.63) is 81.9 Å². The van der Waals surface area contributed by atoms with Crippen LogP contribution >= 0.6 is 11.6 Å². The average molecular weight is 475 g/mol. The van der Waals surface area contributed by atoms with Crippen LogP contribution in [-0.4, -0.2) is 32.1 Å². The Balaban J connectivity index is 1.83. The number of rotatable bonds is 2. The molecule has 4 rings (SSSR count). The van der Waals surface area contributed by atoms with Gasteiger partial charge in [0.1, 0.15) is 6.04 Å². The number of aromatic nitrogens is 3. The molecule has 1 atom stereocenters. The Morgan fingerprint density at radius 1 is 0.906 bits per heavy atom. The Bertz CT molecular complexity index is 1160. The molecule has 32 heavy (non-hydrogen) atoms. The van der Waals surface area contributed by atoms with Crippen LogP contribution in [0, 0.1) is 0 Å². The standard InChI is InChI=1S/C20H13ClF6N4O/c21-14-12(7-4-8-13(14)19(22,23)24)17(32)30-9-10-31-16(28-29-18(31)20(25,26)27)15(30)11-5-2-1-3-6-11/h1-8,15H,9-10H2/t15-/m1/s1. The number of carbonyl (C=O) groups excluding carboxylic acids is 1. The number of hydrogen-bond donors (Lipinski definition) is 0. The molecule has 1 aliphatic heterocycles. The summed E-state index contributed by atoms with van der Waals surface area (Å²) in [6, 6.07) is 9.91. The van der Waals surface area contributed by atoms with Crippen molar-refractivity contribution in [1.29, 1.82) is 0 Å². The maximum atomic E-state index is 13.3. The number of benzene rings is 2. The highest BCUT2D eigenvalue weighted by Gasteiger charge is 2.44. The molecule has 168 valence electrons. The van der Waals surface area contributed by atoms with Crippen molar-refractivity contribution in [2.45, 2.75) is 24.9 Å². The second-order valence-electron chi connectivity index (χ2n) is 7.01. The van der Waals surface area contributed by atoms with Gasteiger partial charge in [0, 0.05) is 13.1 Å². The van der Waals surface area contributed by atoms with Gasteiger partial charge < -0.3 is 9.47 Å². The molecule has 0 saturated heterocycles. The molecule has 0 N–H and O–H groups in total. The van der Waals surface area contributed by atoms with E-state index in [0.717, 1.165) is 27.7 Å². The van der Waals surface area contributed by atoms with Crippen molar-refractivity contribution in [3.8, 4) is 0 Å². The molecule has 2 heterocycles. The molecule has 0 bridgehead atoms. The van der Waals surface area contributed by atoms with Gasteiger partial charge in [0.15, 0.2) is 5.82 Å². The first-order valence-corrected chi connectivity index (χ1v) is 9.60. The topological polar surface area (TPSA) is 51.0 Å². The molecule has 2 aromatic carbocycles. The van der Waals surface area contributed by atoms with Crippen LogP contribution in [0.4, 0.5) is 26.3 Å². The fourth-order valence-electron chi connectivity index (χ4n) is 3.68. The summed E-state index contributed by atoms with van der Waals surface area (Å²) in [5.74, 6) is -2.22. The van der Waals surface area contributed by atoms with E-state index in [1.165, 1.54) is 0 Å². The van der Waals surface area contributed by atoms with E-state index in [0.29, 0.717) is 5.56 Å². The quantitative estimate of drug-likeness (QED) is 0.479. The second kappa shape index (κ2) is 7.80. The summed E-state index contributed by atoms with van der Waals surface area (Å²) < 4.78 is 80.6. The molecule has 0 fully saturated rings. The number of alkyl halides is 6. The molecule has 1 aromatic heterocycles. The Hall–Kier alpha value is -3.08. The normalized spacial score (nSPS) is 16.7. The van der Waals surface area contributed by atoms with Crippen molar-refractivity contribution in [2.24, 2.45) is 0 Å². The van der Waals surface area contributed by atoms with E-state index in [1.54, 1.807) is 30.3 Å². The summed E-state index contributed by atoms with van der Waals surface area (Å²) in [5.41, 5.74) is -1.17. The maximum Gasteiger partial charge on any atom is 0.451 e. The minimum absolute atomic E-state index is 0.147. The summed E-state index contributed by atoms with van der Waals surface area (Å²) in [4.78, 5) is 14.4. The summed E-state index contributed by atoms with van der Waals surface area (Å²) >= 11 is 5.92. The molecule has 12 heteroatoms. The Labute approximate surface area is 182 Å². The molecule has 3 aromatic rings. The number of fused-ring (bicyclic) bond motifs is 1. The van der Waals surface area contributed by atoms with Gasteiger partial charge in [-0.05, 0) is 17.7 Å². The predicted molar refractivity (Wildman–Crippen MR) is 101 cm³/mol. The van der Waals surface area contributed by atoms with Gasteiger partial charge in [-0.1, -0.05) is 48.0 Å². The molecule has 0 saturated carbocycles. The molecule has 5 nitrogen and oxygen atoms in total. The number of hydrogen-bond acceptors (Lipinski definition) is 3. The first kappa shape index (κ1) is 22.1. The summed E-state index contributed by atoms with van der Waals surface area (Å²) in [6.07, 6.45) is -9.54. The first-order valence-electron chi connectivity index (χ1n) is 9.22. The molecular formula is C20H13ClF6N4O. The van der Waals surface area contributed by atoms with Gasteiger partial charge >= 0.3 is 12.4 Å². The summed E-state index contributed by atoms with van der Waals surface area (Å²) in [5, 5.41) is 6.15. The first-order chi connectivity index (χ1) is 15.0. The van der Waals surface area contributed by atoms with Gasteiger partial charge in [0.25, 0.3) is 5.91 Å². The highest BCUT2D eigenvalue weighted by atomic mass is 35.5. The zero-order chi connectivity index (χ0) is 23.3. The SMILES string of the molecule is O=C(c1cccc(C(F)(F)F)c1Cl)N1CCn2c(nnc2C(F)(F)F)[C@H]1c1ccccc1. The smallest absolute Gasteiger partial charge is 0.322 e. The fourth-order valence-corrected chi connectivity index (χ4v) is 3.99. The zero-order valence-electron chi connectivity index (χ0n) is 16.0. The molecular weight excluding hydrogens is 462 g/mol. The van der Waals surface area contributed by atoms with Gasteiger partial charge in [-0.15, -0.1) is 10.2 Å². The summed E-state index contributed by atoms with van der Waals surface area (Å²) in [7, 11) is 0. The average Bonchev–Trinajstić information content (AvgIpc) is 3.17. The van der Waals surface area contributed by atoms with Gasteiger partial charge in [-0.3, -0.25) is 4.79 Å². The van der Waals surface area contributed by atoms with E-state index in [4.69, 9.17) is 11.6 Å². The Kier molecular flexibility index (Phi) is 5.40. The van der Waals surface area contributed by atoms with Crippen LogP contribution in [0.25, 0.3) is 0 Å². The number of nitrogens with zero attached hydrogens (tertiary/aromatic N) is 4. The van der Waals surface area contributed by atoms with Gasteiger partial charge in [0.05, 0.1) is 16.1 Å². The van der Waals surface area contributed by atoms with E-state index >= 15 is 0 Å². The number of halogens is 7. The molecule has 0 unspecified atom stereocenters. The van der Waals surface area contributed by atoms with Crippen LogP contribution in [0.5, 0.6) is 0 Å². The van der Waals surface area contributed by atoms with Crippen LogP contribution in [0.3, 0.4) is 0 Å². The molecule has 0 aliphatic carbocycles. The van der Waals surface area contributed by atoms with Crippen LogP contribution in [0.1, 0.15) is 39.2 Å². The van der Waals surface area contributed by atoms with Crippen molar-refractivity contribution in [1.82, 2.24) is 19.7 Å². The van der Waals surface area contributed by atoms with E-state index in [-0.39, 0.29) is 18.9 Å². The fraction of sp³-hybridized carbons (Fsp3) is 0.250. The zero-order valence-corrected chi connectivity index (χ0v) is 16.7. The van der Waals surface area contributed by atoms with E-state index in [1.807, 2.05) is 0 Å². The molecule has 0 radical (unpaired) electrons. The molecule has 1 amide bonds. The number of amides is 1. The minimum Gasteiger partial charge on any atom is -0.322 e. The van der Waals surface area contributed by atoms with Crippen molar-refractivity contribution in [3.63, 3.8) is 0 Å².